The number of fused-ring (bicyclic) bond motifs is 2. The van der Waals surface area contributed by atoms with Gasteiger partial charge in [0.1, 0.15) is 6.10 Å². The van der Waals surface area contributed by atoms with Crippen LogP contribution in [-0.2, 0) is 16.0 Å². The molecule has 0 aliphatic carbocycles. The highest BCUT2D eigenvalue weighted by Crippen LogP contribution is 2.34. The molecule has 3 unspecified atom stereocenters. The molecule has 4 rings (SSSR count). The molecule has 0 saturated carbocycles. The first-order valence-corrected chi connectivity index (χ1v) is 9.62. The van der Waals surface area contributed by atoms with E-state index in [0.717, 1.165) is 50.4 Å². The minimum Gasteiger partial charge on any atom is -0.474 e. The van der Waals surface area contributed by atoms with Gasteiger partial charge in [-0.2, -0.15) is 0 Å². The van der Waals surface area contributed by atoms with Crippen LogP contribution in [0.4, 0.5) is 0 Å². The van der Waals surface area contributed by atoms with Crippen LogP contribution in [0.1, 0.15) is 37.7 Å². The van der Waals surface area contributed by atoms with Gasteiger partial charge >= 0.3 is 0 Å². The number of guanidine groups is 1. The molecule has 3 aliphatic heterocycles. The molecule has 2 bridgehead atoms. The second-order valence-electron chi connectivity index (χ2n) is 7.22. The van der Waals surface area contributed by atoms with Crippen LogP contribution in [0.15, 0.2) is 23.3 Å². The van der Waals surface area contributed by atoms with E-state index < -0.39 is 0 Å². The Balaban J connectivity index is 1.28. The number of hydrogen-bond acceptors (Lipinski definition) is 5. The van der Waals surface area contributed by atoms with E-state index in [9.17, 15) is 0 Å². The number of aromatic nitrogens is 1. The van der Waals surface area contributed by atoms with Gasteiger partial charge < -0.3 is 24.8 Å². The molecular weight excluding hydrogens is 332 g/mol. The van der Waals surface area contributed by atoms with Crippen molar-refractivity contribution in [1.82, 2.24) is 15.6 Å². The zero-order valence-corrected chi connectivity index (χ0v) is 15.3. The van der Waals surface area contributed by atoms with Gasteiger partial charge in [0.05, 0.1) is 31.5 Å². The van der Waals surface area contributed by atoms with Crippen molar-refractivity contribution in [2.24, 2.45) is 4.99 Å². The van der Waals surface area contributed by atoms with E-state index in [2.05, 4.69) is 20.6 Å². The molecule has 2 N–H and O–H groups in total. The first-order chi connectivity index (χ1) is 12.8. The normalized spacial score (nSPS) is 29.0. The van der Waals surface area contributed by atoms with Crippen molar-refractivity contribution in [1.29, 1.82) is 0 Å². The molecule has 7 nitrogen and oxygen atoms in total. The Labute approximate surface area is 154 Å². The van der Waals surface area contributed by atoms with Crippen LogP contribution in [0.5, 0.6) is 5.88 Å². The average Bonchev–Trinajstić information content (AvgIpc) is 3.29. The lowest BCUT2D eigenvalue weighted by molar-refractivity contribution is 0.0237. The van der Waals surface area contributed by atoms with Gasteiger partial charge in [0.15, 0.2) is 5.96 Å². The van der Waals surface area contributed by atoms with Crippen molar-refractivity contribution in [3.8, 4) is 5.88 Å². The zero-order chi connectivity index (χ0) is 17.8. The topological polar surface area (TPSA) is 77.0 Å². The highest BCUT2D eigenvalue weighted by atomic mass is 16.5. The summed E-state index contributed by atoms with van der Waals surface area (Å²) >= 11 is 0. The van der Waals surface area contributed by atoms with Crippen molar-refractivity contribution in [3.63, 3.8) is 0 Å². The quantitative estimate of drug-likeness (QED) is 0.614. The number of nitrogens with zero attached hydrogens (tertiary/aromatic N) is 2. The minimum absolute atomic E-state index is 0.201. The molecule has 0 amide bonds. The van der Waals surface area contributed by atoms with Crippen molar-refractivity contribution in [2.75, 3.05) is 20.3 Å². The van der Waals surface area contributed by atoms with Crippen LogP contribution in [0.25, 0.3) is 0 Å². The summed E-state index contributed by atoms with van der Waals surface area (Å²) in [5.74, 6) is 1.50. The number of ether oxygens (including phenoxy) is 3. The van der Waals surface area contributed by atoms with Crippen LogP contribution in [0, 0.1) is 0 Å². The van der Waals surface area contributed by atoms with E-state index >= 15 is 0 Å². The largest absolute Gasteiger partial charge is 0.474 e. The third-order valence-electron chi connectivity index (χ3n) is 5.37. The number of nitrogens with one attached hydrogen (secondary N) is 2. The lowest BCUT2D eigenvalue weighted by Crippen LogP contribution is -2.47. The molecule has 3 atom stereocenters. The Kier molecular flexibility index (Phi) is 5.55. The van der Waals surface area contributed by atoms with Crippen molar-refractivity contribution in [2.45, 2.75) is 63.0 Å². The number of hydrogen-bond donors (Lipinski definition) is 2. The zero-order valence-electron chi connectivity index (χ0n) is 15.3. The SMILES string of the molecule is CN=C(NCc1ccnc(OC2CCOCC2)c1)NC1CC2CCC1O2. The molecule has 1 aromatic rings. The molecule has 142 valence electrons. The van der Waals surface area contributed by atoms with Gasteiger partial charge in [-0.3, -0.25) is 4.99 Å². The molecule has 4 heterocycles. The van der Waals surface area contributed by atoms with Gasteiger partial charge in [-0.1, -0.05) is 0 Å². The van der Waals surface area contributed by atoms with Crippen molar-refractivity contribution < 1.29 is 14.2 Å². The summed E-state index contributed by atoms with van der Waals surface area (Å²) in [6, 6.07) is 4.36. The fourth-order valence-corrected chi connectivity index (χ4v) is 3.94. The minimum atomic E-state index is 0.201. The molecule has 1 aromatic heterocycles. The number of aliphatic imine (C=N–C) groups is 1. The Morgan fingerprint density at radius 2 is 2.19 bits per heavy atom. The third kappa shape index (κ3) is 4.27. The summed E-state index contributed by atoms with van der Waals surface area (Å²) in [6.07, 6.45) is 8.03. The van der Waals surface area contributed by atoms with Crippen LogP contribution < -0.4 is 15.4 Å². The fourth-order valence-electron chi connectivity index (χ4n) is 3.94. The second-order valence-corrected chi connectivity index (χ2v) is 7.22. The number of rotatable bonds is 5. The molecule has 26 heavy (non-hydrogen) atoms. The Morgan fingerprint density at radius 3 is 2.92 bits per heavy atom. The molecule has 0 aromatic carbocycles. The molecule has 0 radical (unpaired) electrons. The first-order valence-electron chi connectivity index (χ1n) is 9.62. The first kappa shape index (κ1) is 17.5. The summed E-state index contributed by atoms with van der Waals surface area (Å²) in [5.41, 5.74) is 1.12. The molecule has 3 saturated heterocycles. The van der Waals surface area contributed by atoms with Crippen LogP contribution in [0.3, 0.4) is 0 Å². The predicted octanol–water partition coefficient (Wildman–Crippen LogP) is 1.62. The summed E-state index contributed by atoms with van der Waals surface area (Å²) in [7, 11) is 1.80. The maximum Gasteiger partial charge on any atom is 0.213 e. The van der Waals surface area contributed by atoms with Gasteiger partial charge in [-0.25, -0.2) is 4.98 Å². The molecular formula is C19H28N4O3. The summed E-state index contributed by atoms with van der Waals surface area (Å²) in [5, 5.41) is 6.88. The van der Waals surface area contributed by atoms with Crippen LogP contribution in [-0.4, -0.2) is 55.6 Å². The van der Waals surface area contributed by atoms with Crippen molar-refractivity contribution in [3.05, 3.63) is 23.9 Å². The van der Waals surface area contributed by atoms with Gasteiger partial charge in [-0.15, -0.1) is 0 Å². The lowest BCUT2D eigenvalue weighted by Gasteiger charge is -2.23. The molecule has 0 spiro atoms. The standard InChI is InChI=1S/C19H28N4O3/c1-20-19(23-16-11-15-2-3-17(16)25-15)22-12-13-4-7-21-18(10-13)26-14-5-8-24-9-6-14/h4,7,10,14-17H,2-3,5-6,8-9,11-12H2,1H3,(H2,20,22,23). The second kappa shape index (κ2) is 8.22. The van der Waals surface area contributed by atoms with Crippen LogP contribution in [0.2, 0.25) is 0 Å². The van der Waals surface area contributed by atoms with Gasteiger partial charge in [0.2, 0.25) is 5.88 Å². The van der Waals surface area contributed by atoms with Gasteiger partial charge in [0.25, 0.3) is 0 Å². The molecule has 7 heteroatoms. The summed E-state index contributed by atoms with van der Waals surface area (Å²) in [4.78, 5) is 8.68. The van der Waals surface area contributed by atoms with Gasteiger partial charge in [0, 0.05) is 38.7 Å². The van der Waals surface area contributed by atoms with E-state index in [1.54, 1.807) is 13.2 Å². The lowest BCUT2D eigenvalue weighted by atomic mass is 9.96. The average molecular weight is 360 g/mol. The Hall–Kier alpha value is -1.86. The maximum absolute atomic E-state index is 5.99. The van der Waals surface area contributed by atoms with Crippen LogP contribution >= 0.6 is 0 Å². The van der Waals surface area contributed by atoms with E-state index in [4.69, 9.17) is 14.2 Å². The smallest absolute Gasteiger partial charge is 0.213 e. The Bertz CT molecular complexity index is 633. The van der Waals surface area contributed by atoms with E-state index in [-0.39, 0.29) is 6.10 Å². The monoisotopic (exact) mass is 360 g/mol. The van der Waals surface area contributed by atoms with E-state index in [1.807, 2.05) is 12.1 Å². The Morgan fingerprint density at radius 1 is 1.31 bits per heavy atom. The van der Waals surface area contributed by atoms with Gasteiger partial charge in [-0.05, 0) is 30.9 Å². The predicted molar refractivity (Wildman–Crippen MR) is 98.3 cm³/mol. The summed E-state index contributed by atoms with van der Waals surface area (Å²) < 4.78 is 17.3. The van der Waals surface area contributed by atoms with Crippen molar-refractivity contribution >= 4 is 5.96 Å². The number of pyridine rings is 1. The van der Waals surface area contributed by atoms with E-state index in [0.29, 0.717) is 30.7 Å². The highest BCUT2D eigenvalue weighted by Gasteiger charge is 2.41. The van der Waals surface area contributed by atoms with E-state index in [1.165, 1.54) is 6.42 Å². The molecule has 3 aliphatic rings. The highest BCUT2D eigenvalue weighted by molar-refractivity contribution is 5.80. The maximum atomic E-state index is 5.99. The molecule has 3 fully saturated rings. The fraction of sp³-hybridized carbons (Fsp3) is 0.684. The summed E-state index contributed by atoms with van der Waals surface area (Å²) in [6.45, 7) is 2.20. The third-order valence-corrected chi connectivity index (χ3v) is 5.37.